The van der Waals surface area contributed by atoms with Gasteiger partial charge >= 0.3 is 0 Å². The molecule has 4 aromatic carbocycles. The lowest BCUT2D eigenvalue weighted by Crippen LogP contribution is -1.97. The summed E-state index contributed by atoms with van der Waals surface area (Å²) >= 11 is 4.96. The predicted molar refractivity (Wildman–Crippen MR) is 115 cm³/mol. The van der Waals surface area contributed by atoms with Gasteiger partial charge in [-0.2, -0.15) is 0 Å². The Morgan fingerprint density at radius 2 is 1.16 bits per heavy atom. The van der Waals surface area contributed by atoms with Gasteiger partial charge in [0.25, 0.3) is 0 Å². The molecule has 126 valence electrons. The highest BCUT2D eigenvalue weighted by molar-refractivity contribution is 7.80. The second-order valence-corrected chi connectivity index (χ2v) is 7.83. The van der Waals surface area contributed by atoms with Gasteiger partial charge in [-0.3, -0.25) is 0 Å². The van der Waals surface area contributed by atoms with Gasteiger partial charge in [-0.15, -0.1) is 12.6 Å². The summed E-state index contributed by atoms with van der Waals surface area (Å²) in [5, 5.41) is 8.08. The summed E-state index contributed by atoms with van der Waals surface area (Å²) in [6.45, 7) is 13.4. The largest absolute Gasteiger partial charge is 0.142 e. The van der Waals surface area contributed by atoms with Crippen molar-refractivity contribution < 1.29 is 0 Å². The van der Waals surface area contributed by atoms with Crippen molar-refractivity contribution in [2.24, 2.45) is 0 Å². The SMILES string of the molecule is Cc1cc2c3ccccc3c3c(S)c(C)c(C)c(C)c3c2c(C)c1C. The van der Waals surface area contributed by atoms with Gasteiger partial charge in [0.05, 0.1) is 0 Å². The van der Waals surface area contributed by atoms with Crippen molar-refractivity contribution in [3.63, 3.8) is 0 Å². The number of benzene rings is 4. The van der Waals surface area contributed by atoms with Crippen LogP contribution in [-0.4, -0.2) is 0 Å². The minimum Gasteiger partial charge on any atom is -0.142 e. The van der Waals surface area contributed by atoms with E-state index in [0.717, 1.165) is 4.90 Å². The standard InChI is InChI=1S/C24H24S/c1-12-11-20-18-9-7-8-10-19(18)23-22(21(20)15(4)13(12)2)16(5)14(3)17(6)24(23)25/h7-11,25H,1-6H3. The maximum Gasteiger partial charge on any atom is 0.0157 e. The molecule has 0 atom stereocenters. The molecule has 0 saturated carbocycles. The van der Waals surface area contributed by atoms with E-state index >= 15 is 0 Å². The van der Waals surface area contributed by atoms with Crippen molar-refractivity contribution in [3.8, 4) is 0 Å². The van der Waals surface area contributed by atoms with Gasteiger partial charge in [0.2, 0.25) is 0 Å². The summed E-state index contributed by atoms with van der Waals surface area (Å²) in [6, 6.07) is 11.1. The van der Waals surface area contributed by atoms with Crippen molar-refractivity contribution in [2.75, 3.05) is 0 Å². The highest BCUT2D eigenvalue weighted by Gasteiger charge is 2.18. The minimum atomic E-state index is 1.12. The Morgan fingerprint density at radius 1 is 0.560 bits per heavy atom. The van der Waals surface area contributed by atoms with Crippen LogP contribution in [0.2, 0.25) is 0 Å². The molecule has 0 heterocycles. The Morgan fingerprint density at radius 3 is 1.84 bits per heavy atom. The van der Waals surface area contributed by atoms with Crippen LogP contribution in [0.3, 0.4) is 0 Å². The monoisotopic (exact) mass is 344 g/mol. The summed E-state index contributed by atoms with van der Waals surface area (Å²) < 4.78 is 0. The highest BCUT2D eigenvalue weighted by atomic mass is 32.1. The topological polar surface area (TPSA) is 0 Å². The molecule has 4 aromatic rings. The van der Waals surface area contributed by atoms with E-state index in [-0.39, 0.29) is 0 Å². The molecular weight excluding hydrogens is 320 g/mol. The predicted octanol–water partition coefficient (Wildman–Crippen LogP) is 7.29. The fourth-order valence-electron chi connectivity index (χ4n) is 4.27. The van der Waals surface area contributed by atoms with E-state index in [1.165, 1.54) is 65.7 Å². The van der Waals surface area contributed by atoms with E-state index < -0.39 is 0 Å². The van der Waals surface area contributed by atoms with Crippen LogP contribution in [0.4, 0.5) is 0 Å². The van der Waals surface area contributed by atoms with Gasteiger partial charge in [0.1, 0.15) is 0 Å². The first-order valence-corrected chi connectivity index (χ1v) is 9.33. The molecule has 0 nitrogen and oxygen atoms in total. The maximum absolute atomic E-state index is 4.96. The zero-order chi connectivity index (χ0) is 18.0. The molecule has 0 fully saturated rings. The van der Waals surface area contributed by atoms with E-state index in [4.69, 9.17) is 12.6 Å². The lowest BCUT2D eigenvalue weighted by Gasteiger charge is -2.21. The molecule has 4 rings (SSSR count). The Hall–Kier alpha value is -1.99. The third-order valence-corrected chi connectivity index (χ3v) is 6.80. The highest BCUT2D eigenvalue weighted by Crippen LogP contribution is 2.44. The van der Waals surface area contributed by atoms with Gasteiger partial charge < -0.3 is 0 Å². The van der Waals surface area contributed by atoms with Gasteiger partial charge in [-0.05, 0) is 102 Å². The number of rotatable bonds is 0. The first-order valence-electron chi connectivity index (χ1n) is 8.88. The first kappa shape index (κ1) is 16.5. The van der Waals surface area contributed by atoms with Crippen molar-refractivity contribution in [2.45, 2.75) is 46.4 Å². The molecule has 1 heteroatoms. The Bertz CT molecular complexity index is 1200. The normalized spacial score (nSPS) is 11.8. The average molecular weight is 345 g/mol. The minimum absolute atomic E-state index is 1.12. The second-order valence-electron chi connectivity index (χ2n) is 7.39. The Labute approximate surface area is 155 Å². The lowest BCUT2D eigenvalue weighted by molar-refractivity contribution is 1.23. The van der Waals surface area contributed by atoms with Gasteiger partial charge in [-0.1, -0.05) is 30.3 Å². The van der Waals surface area contributed by atoms with Gasteiger partial charge in [0, 0.05) is 10.3 Å². The molecule has 0 N–H and O–H groups in total. The summed E-state index contributed by atoms with van der Waals surface area (Å²) in [5.74, 6) is 0. The number of fused-ring (bicyclic) bond motifs is 6. The van der Waals surface area contributed by atoms with E-state index in [2.05, 4.69) is 71.9 Å². The molecule has 0 aliphatic heterocycles. The summed E-state index contributed by atoms with van der Waals surface area (Å²) in [4.78, 5) is 1.12. The van der Waals surface area contributed by atoms with Crippen LogP contribution in [-0.2, 0) is 0 Å². The van der Waals surface area contributed by atoms with E-state index in [1.54, 1.807) is 0 Å². The first-order chi connectivity index (χ1) is 11.8. The molecule has 0 amide bonds. The number of hydrogen-bond acceptors (Lipinski definition) is 1. The van der Waals surface area contributed by atoms with Crippen LogP contribution in [0.25, 0.3) is 32.3 Å². The fraction of sp³-hybridized carbons (Fsp3) is 0.250. The van der Waals surface area contributed by atoms with Crippen molar-refractivity contribution >= 4 is 44.9 Å². The third-order valence-electron chi connectivity index (χ3n) is 6.24. The average Bonchev–Trinajstić information content (AvgIpc) is 2.61. The smallest absolute Gasteiger partial charge is 0.0157 e. The van der Waals surface area contributed by atoms with E-state index in [0.29, 0.717) is 0 Å². The molecule has 25 heavy (non-hydrogen) atoms. The molecular formula is C24H24S. The van der Waals surface area contributed by atoms with Crippen LogP contribution in [0.5, 0.6) is 0 Å². The van der Waals surface area contributed by atoms with E-state index in [9.17, 15) is 0 Å². The molecule has 0 spiro atoms. The fourth-order valence-corrected chi connectivity index (χ4v) is 4.67. The summed E-state index contributed by atoms with van der Waals surface area (Å²) in [6.07, 6.45) is 0. The van der Waals surface area contributed by atoms with E-state index in [1.807, 2.05) is 0 Å². The number of thiol groups is 1. The van der Waals surface area contributed by atoms with Crippen LogP contribution in [0.15, 0.2) is 35.2 Å². The summed E-state index contributed by atoms with van der Waals surface area (Å²) in [5.41, 5.74) is 8.17. The van der Waals surface area contributed by atoms with Crippen molar-refractivity contribution in [1.29, 1.82) is 0 Å². The molecule has 0 aliphatic rings. The van der Waals surface area contributed by atoms with Gasteiger partial charge in [0.15, 0.2) is 0 Å². The van der Waals surface area contributed by atoms with Crippen LogP contribution in [0.1, 0.15) is 33.4 Å². The number of hydrogen-bond donors (Lipinski definition) is 1. The zero-order valence-electron chi connectivity index (χ0n) is 15.8. The third kappa shape index (κ3) is 2.09. The lowest BCUT2D eigenvalue weighted by atomic mass is 9.85. The molecule has 0 unspecified atom stereocenters. The number of aryl methyl sites for hydroxylation is 3. The summed E-state index contributed by atoms with van der Waals surface area (Å²) in [7, 11) is 0. The molecule has 0 aromatic heterocycles. The zero-order valence-corrected chi connectivity index (χ0v) is 16.7. The second kappa shape index (κ2) is 5.51. The quantitative estimate of drug-likeness (QED) is 0.251. The van der Waals surface area contributed by atoms with Gasteiger partial charge in [-0.25, -0.2) is 0 Å². The molecule has 0 bridgehead atoms. The maximum atomic E-state index is 4.96. The van der Waals surface area contributed by atoms with Crippen molar-refractivity contribution in [3.05, 3.63) is 63.7 Å². The van der Waals surface area contributed by atoms with Crippen LogP contribution in [0, 0.1) is 41.5 Å². The van der Waals surface area contributed by atoms with Crippen LogP contribution >= 0.6 is 12.6 Å². The Kier molecular flexibility index (Phi) is 3.63. The van der Waals surface area contributed by atoms with Crippen LogP contribution < -0.4 is 0 Å². The Balaban J connectivity index is 2.53. The molecule has 0 radical (unpaired) electrons. The molecule has 0 saturated heterocycles. The van der Waals surface area contributed by atoms with Crippen molar-refractivity contribution in [1.82, 2.24) is 0 Å². The molecule has 0 aliphatic carbocycles.